The lowest BCUT2D eigenvalue weighted by molar-refractivity contribution is -0.139. The predicted octanol–water partition coefficient (Wildman–Crippen LogP) is 2.55. The number of rotatable bonds is 3. The molecule has 0 fully saturated rings. The van der Waals surface area contributed by atoms with Crippen LogP contribution in [0.5, 0.6) is 5.88 Å². The van der Waals surface area contributed by atoms with Crippen LogP contribution in [-0.4, -0.2) is 17.8 Å². The molecule has 0 N–H and O–H groups in total. The van der Waals surface area contributed by atoms with Crippen LogP contribution in [0.1, 0.15) is 6.42 Å². The zero-order valence-corrected chi connectivity index (χ0v) is 7.01. The van der Waals surface area contributed by atoms with Crippen molar-refractivity contribution in [1.82, 2.24) is 4.98 Å². The quantitative estimate of drug-likeness (QED) is 0.563. The second kappa shape index (κ2) is 4.26. The fourth-order valence-corrected chi connectivity index (χ4v) is 0.741. The number of pyridine rings is 1. The van der Waals surface area contributed by atoms with E-state index in [1.165, 1.54) is 12.1 Å². The van der Waals surface area contributed by atoms with Crippen molar-refractivity contribution in [2.75, 3.05) is 6.61 Å². The first-order valence-corrected chi connectivity index (χ1v) is 3.79. The molecule has 0 aromatic carbocycles. The Labute approximate surface area is 77.5 Å². The van der Waals surface area contributed by atoms with E-state index in [4.69, 9.17) is 0 Å². The van der Waals surface area contributed by atoms with Crippen LogP contribution in [0.15, 0.2) is 18.2 Å². The van der Waals surface area contributed by atoms with Gasteiger partial charge in [-0.3, -0.25) is 0 Å². The van der Waals surface area contributed by atoms with Gasteiger partial charge in [0.25, 0.3) is 0 Å². The molecule has 1 aromatic heterocycles. The fourth-order valence-electron chi connectivity index (χ4n) is 0.741. The molecule has 2 nitrogen and oxygen atoms in total. The molecule has 0 unspecified atom stereocenters. The molecule has 0 spiro atoms. The van der Waals surface area contributed by atoms with Gasteiger partial charge in [-0.25, -0.2) is 0 Å². The van der Waals surface area contributed by atoms with E-state index in [0.29, 0.717) is 0 Å². The van der Waals surface area contributed by atoms with Gasteiger partial charge in [0.15, 0.2) is 0 Å². The third kappa shape index (κ3) is 4.06. The molecule has 0 atom stereocenters. The number of halogens is 4. The number of nitrogens with zero attached hydrogens (tertiary/aromatic N) is 1. The van der Waals surface area contributed by atoms with E-state index in [9.17, 15) is 17.6 Å². The molecule has 14 heavy (non-hydrogen) atoms. The number of ether oxygens (including phenoxy) is 1. The summed E-state index contributed by atoms with van der Waals surface area (Å²) in [6.45, 7) is -0.556. The molecule has 0 saturated heterocycles. The van der Waals surface area contributed by atoms with Gasteiger partial charge >= 0.3 is 6.18 Å². The molecule has 1 aromatic rings. The molecule has 78 valence electrons. The maximum absolute atomic E-state index is 12.4. The zero-order chi connectivity index (χ0) is 10.6. The zero-order valence-electron chi connectivity index (χ0n) is 7.01. The van der Waals surface area contributed by atoms with Crippen molar-refractivity contribution in [2.45, 2.75) is 12.6 Å². The van der Waals surface area contributed by atoms with E-state index >= 15 is 0 Å². The highest BCUT2D eigenvalue weighted by atomic mass is 19.4. The van der Waals surface area contributed by atoms with Crippen molar-refractivity contribution < 1.29 is 22.3 Å². The molecular formula is C8H7F4NO. The minimum Gasteiger partial charge on any atom is -0.477 e. The van der Waals surface area contributed by atoms with Gasteiger partial charge in [0.2, 0.25) is 11.8 Å². The van der Waals surface area contributed by atoms with Crippen LogP contribution in [0.2, 0.25) is 0 Å². The summed E-state index contributed by atoms with van der Waals surface area (Å²) in [5.74, 6) is -0.927. The molecule has 0 radical (unpaired) electrons. The standard InChI is InChI=1S/C8H7F4NO/c9-6-2-1-3-7(13-6)14-5-4-8(10,11)12/h1-3H,4-5H2. The first-order valence-electron chi connectivity index (χ1n) is 3.79. The van der Waals surface area contributed by atoms with Crippen molar-refractivity contribution in [2.24, 2.45) is 0 Å². The summed E-state index contributed by atoms with van der Waals surface area (Å²) in [7, 11) is 0. The summed E-state index contributed by atoms with van der Waals surface area (Å²) >= 11 is 0. The average molecular weight is 209 g/mol. The summed E-state index contributed by atoms with van der Waals surface area (Å²) in [5.41, 5.74) is 0. The first kappa shape index (κ1) is 10.7. The number of hydrogen-bond acceptors (Lipinski definition) is 2. The average Bonchev–Trinajstić information content (AvgIpc) is 2.01. The third-order valence-electron chi connectivity index (χ3n) is 1.33. The molecule has 0 amide bonds. The Balaban J connectivity index is 2.39. The highest BCUT2D eigenvalue weighted by Crippen LogP contribution is 2.19. The Morgan fingerprint density at radius 2 is 2.00 bits per heavy atom. The molecular weight excluding hydrogens is 202 g/mol. The Hall–Kier alpha value is -1.33. The maximum atomic E-state index is 12.4. The largest absolute Gasteiger partial charge is 0.477 e. The van der Waals surface area contributed by atoms with Crippen LogP contribution < -0.4 is 4.74 Å². The van der Waals surface area contributed by atoms with E-state index in [1.54, 1.807) is 0 Å². The Morgan fingerprint density at radius 1 is 1.29 bits per heavy atom. The molecule has 0 bridgehead atoms. The Bertz CT molecular complexity index is 300. The van der Waals surface area contributed by atoms with Crippen LogP contribution in [-0.2, 0) is 0 Å². The fraction of sp³-hybridized carbons (Fsp3) is 0.375. The van der Waals surface area contributed by atoms with Gasteiger partial charge in [-0.1, -0.05) is 6.07 Å². The number of hydrogen-bond donors (Lipinski definition) is 0. The van der Waals surface area contributed by atoms with Gasteiger partial charge in [0.05, 0.1) is 13.0 Å². The van der Waals surface area contributed by atoms with Crippen molar-refractivity contribution >= 4 is 0 Å². The predicted molar refractivity (Wildman–Crippen MR) is 40.4 cm³/mol. The topological polar surface area (TPSA) is 22.1 Å². The van der Waals surface area contributed by atoms with E-state index in [-0.39, 0.29) is 5.88 Å². The monoisotopic (exact) mass is 209 g/mol. The van der Waals surface area contributed by atoms with E-state index < -0.39 is 25.2 Å². The van der Waals surface area contributed by atoms with Gasteiger partial charge < -0.3 is 4.74 Å². The van der Waals surface area contributed by atoms with Crippen molar-refractivity contribution in [3.63, 3.8) is 0 Å². The second-order valence-electron chi connectivity index (χ2n) is 2.51. The lowest BCUT2D eigenvalue weighted by Crippen LogP contribution is -2.13. The van der Waals surface area contributed by atoms with Crippen LogP contribution >= 0.6 is 0 Å². The molecule has 0 aliphatic heterocycles. The van der Waals surface area contributed by atoms with Crippen molar-refractivity contribution in [3.05, 3.63) is 24.1 Å². The van der Waals surface area contributed by atoms with Crippen molar-refractivity contribution in [1.29, 1.82) is 0 Å². The van der Waals surface area contributed by atoms with Crippen molar-refractivity contribution in [3.8, 4) is 5.88 Å². The molecule has 1 heterocycles. The highest BCUT2D eigenvalue weighted by Gasteiger charge is 2.26. The number of aromatic nitrogens is 1. The van der Waals surface area contributed by atoms with E-state index in [1.807, 2.05) is 0 Å². The lowest BCUT2D eigenvalue weighted by Gasteiger charge is -2.07. The highest BCUT2D eigenvalue weighted by molar-refractivity contribution is 5.10. The van der Waals surface area contributed by atoms with Crippen LogP contribution in [0, 0.1) is 5.95 Å². The minimum atomic E-state index is -4.27. The van der Waals surface area contributed by atoms with Gasteiger partial charge in [-0.15, -0.1) is 0 Å². The van der Waals surface area contributed by atoms with Gasteiger partial charge in [-0.2, -0.15) is 22.5 Å². The molecule has 0 saturated carbocycles. The molecule has 1 rings (SSSR count). The van der Waals surface area contributed by atoms with Gasteiger partial charge in [0.1, 0.15) is 0 Å². The SMILES string of the molecule is Fc1cccc(OCCC(F)(F)F)n1. The lowest BCUT2D eigenvalue weighted by atomic mass is 10.4. The third-order valence-corrected chi connectivity index (χ3v) is 1.33. The minimum absolute atomic E-state index is 0.144. The van der Waals surface area contributed by atoms with E-state index in [0.717, 1.165) is 6.07 Å². The van der Waals surface area contributed by atoms with Gasteiger partial charge in [0, 0.05) is 6.07 Å². The normalized spacial score (nSPS) is 11.4. The summed E-state index contributed by atoms with van der Waals surface area (Å²) in [5, 5.41) is 0. The summed E-state index contributed by atoms with van der Waals surface area (Å²) in [6.07, 6.45) is -5.35. The number of alkyl halides is 3. The summed E-state index contributed by atoms with van der Waals surface area (Å²) in [4.78, 5) is 3.24. The molecule has 0 aliphatic rings. The van der Waals surface area contributed by atoms with Crippen LogP contribution in [0.4, 0.5) is 17.6 Å². The maximum Gasteiger partial charge on any atom is 0.392 e. The second-order valence-corrected chi connectivity index (χ2v) is 2.51. The summed E-state index contributed by atoms with van der Waals surface area (Å²) in [6, 6.07) is 3.68. The van der Waals surface area contributed by atoms with E-state index in [2.05, 4.69) is 9.72 Å². The summed E-state index contributed by atoms with van der Waals surface area (Å²) < 4.78 is 52.0. The van der Waals surface area contributed by atoms with Crippen LogP contribution in [0.25, 0.3) is 0 Å². The first-order chi connectivity index (χ1) is 6.47. The molecule has 0 aliphatic carbocycles. The smallest absolute Gasteiger partial charge is 0.392 e. The molecule has 6 heteroatoms. The Kier molecular flexibility index (Phi) is 3.27. The Morgan fingerprint density at radius 3 is 2.57 bits per heavy atom. The van der Waals surface area contributed by atoms with Gasteiger partial charge in [-0.05, 0) is 6.07 Å². The van der Waals surface area contributed by atoms with Crippen LogP contribution in [0.3, 0.4) is 0 Å².